The second-order valence-corrected chi connectivity index (χ2v) is 4.51. The molecule has 0 bridgehead atoms. The topological polar surface area (TPSA) is 40.6 Å². The van der Waals surface area contributed by atoms with E-state index in [0.717, 1.165) is 5.56 Å². The van der Waals surface area contributed by atoms with Gasteiger partial charge in [0.2, 0.25) is 11.8 Å². The summed E-state index contributed by atoms with van der Waals surface area (Å²) in [6.45, 7) is 4.58. The van der Waals surface area contributed by atoms with Crippen molar-refractivity contribution in [3.8, 4) is 0 Å². The minimum atomic E-state index is -0.188. The van der Waals surface area contributed by atoms with Crippen molar-refractivity contribution in [2.75, 3.05) is 20.6 Å². The number of carbonyl (C=O) groups excluding carboxylic acids is 2. The smallest absolute Gasteiger partial charge is 0.232 e. The van der Waals surface area contributed by atoms with E-state index in [1.165, 1.54) is 4.90 Å². The molecule has 2 amide bonds. The molecule has 0 saturated heterocycles. The summed E-state index contributed by atoms with van der Waals surface area (Å²) in [5, 5.41) is 0. The molecule has 1 aromatic rings. The largest absolute Gasteiger partial charge is 0.348 e. The maximum absolute atomic E-state index is 12.1. The molecule has 1 aromatic carbocycles. The van der Waals surface area contributed by atoms with Crippen molar-refractivity contribution < 1.29 is 9.59 Å². The zero-order valence-corrected chi connectivity index (χ0v) is 11.5. The summed E-state index contributed by atoms with van der Waals surface area (Å²) < 4.78 is 0. The summed E-state index contributed by atoms with van der Waals surface area (Å²) in [5.74, 6) is -0.366. The summed E-state index contributed by atoms with van der Waals surface area (Å²) in [6, 6.07) is 9.70. The van der Waals surface area contributed by atoms with Crippen LogP contribution in [0.5, 0.6) is 0 Å². The summed E-state index contributed by atoms with van der Waals surface area (Å²) in [4.78, 5) is 26.7. The van der Waals surface area contributed by atoms with Gasteiger partial charge < -0.3 is 9.80 Å². The summed E-state index contributed by atoms with van der Waals surface area (Å²) in [5.41, 5.74) is 1.04. The summed E-state index contributed by atoms with van der Waals surface area (Å²) in [6.07, 6.45) is 1.56. The van der Waals surface area contributed by atoms with Crippen LogP contribution in [0.3, 0.4) is 0 Å². The zero-order valence-electron chi connectivity index (χ0n) is 11.5. The molecule has 0 aliphatic carbocycles. The van der Waals surface area contributed by atoms with Crippen LogP contribution in [0.4, 0.5) is 0 Å². The van der Waals surface area contributed by atoms with Crippen LogP contribution in [0.1, 0.15) is 12.0 Å². The van der Waals surface area contributed by atoms with E-state index in [1.807, 2.05) is 30.3 Å². The molecule has 0 aliphatic heterocycles. The van der Waals surface area contributed by atoms with E-state index >= 15 is 0 Å². The molecule has 0 N–H and O–H groups in total. The predicted molar refractivity (Wildman–Crippen MR) is 75.4 cm³/mol. The van der Waals surface area contributed by atoms with Gasteiger partial charge in [0.25, 0.3) is 0 Å². The van der Waals surface area contributed by atoms with Crippen molar-refractivity contribution in [1.82, 2.24) is 9.80 Å². The maximum atomic E-state index is 12.1. The predicted octanol–water partition coefficient (Wildman–Crippen LogP) is 1.68. The lowest BCUT2D eigenvalue weighted by Crippen LogP contribution is -2.35. The molecule has 4 nitrogen and oxygen atoms in total. The Labute approximate surface area is 114 Å². The third-order valence-corrected chi connectivity index (χ3v) is 2.72. The highest BCUT2D eigenvalue weighted by molar-refractivity contribution is 5.96. The minimum Gasteiger partial charge on any atom is -0.348 e. The van der Waals surface area contributed by atoms with Crippen LogP contribution in [-0.2, 0) is 16.1 Å². The number of carbonyl (C=O) groups is 2. The average molecular weight is 260 g/mol. The van der Waals surface area contributed by atoms with E-state index in [1.54, 1.807) is 25.1 Å². The Morgan fingerprint density at radius 1 is 1.16 bits per heavy atom. The van der Waals surface area contributed by atoms with Gasteiger partial charge >= 0.3 is 0 Å². The Morgan fingerprint density at radius 3 is 2.32 bits per heavy atom. The molecule has 19 heavy (non-hydrogen) atoms. The molecule has 0 aromatic heterocycles. The van der Waals surface area contributed by atoms with Crippen molar-refractivity contribution in [2.24, 2.45) is 0 Å². The van der Waals surface area contributed by atoms with Gasteiger partial charge in [0.05, 0.1) is 0 Å². The van der Waals surface area contributed by atoms with Gasteiger partial charge in [-0.05, 0) is 5.56 Å². The quantitative estimate of drug-likeness (QED) is 0.577. The highest BCUT2D eigenvalue weighted by atomic mass is 16.2. The van der Waals surface area contributed by atoms with Gasteiger partial charge in [0, 0.05) is 27.2 Å². The number of amides is 2. The Kier molecular flexibility index (Phi) is 5.79. The zero-order chi connectivity index (χ0) is 14.3. The molecule has 0 spiro atoms. The van der Waals surface area contributed by atoms with E-state index in [0.29, 0.717) is 13.1 Å². The van der Waals surface area contributed by atoms with Gasteiger partial charge in [-0.15, -0.1) is 6.58 Å². The fourth-order valence-electron chi connectivity index (χ4n) is 1.61. The van der Waals surface area contributed by atoms with Crippen LogP contribution in [0.15, 0.2) is 43.0 Å². The fraction of sp³-hybridized carbons (Fsp3) is 0.333. The second-order valence-electron chi connectivity index (χ2n) is 4.51. The maximum Gasteiger partial charge on any atom is 0.232 e. The summed E-state index contributed by atoms with van der Waals surface area (Å²) in [7, 11) is 3.29. The monoisotopic (exact) mass is 260 g/mol. The standard InChI is InChI=1S/C15H20N2O2/c1-4-10-17(12-13-8-6-5-7-9-13)15(19)11-14(18)16(2)3/h4-9H,1,10-12H2,2-3H3. The SMILES string of the molecule is C=CCN(Cc1ccccc1)C(=O)CC(=O)N(C)C. The molecular formula is C15H20N2O2. The van der Waals surface area contributed by atoms with Gasteiger partial charge in [-0.3, -0.25) is 9.59 Å². The fourth-order valence-corrected chi connectivity index (χ4v) is 1.61. The van der Waals surface area contributed by atoms with E-state index in [-0.39, 0.29) is 18.2 Å². The number of rotatable bonds is 6. The second kappa shape index (κ2) is 7.36. The lowest BCUT2D eigenvalue weighted by atomic mass is 10.2. The first-order valence-corrected chi connectivity index (χ1v) is 6.17. The van der Waals surface area contributed by atoms with Crippen molar-refractivity contribution in [1.29, 1.82) is 0 Å². The van der Waals surface area contributed by atoms with Crippen molar-refractivity contribution in [2.45, 2.75) is 13.0 Å². The third-order valence-electron chi connectivity index (χ3n) is 2.72. The number of hydrogen-bond acceptors (Lipinski definition) is 2. The normalized spacial score (nSPS) is 9.79. The van der Waals surface area contributed by atoms with Crippen molar-refractivity contribution in [3.05, 3.63) is 48.6 Å². The third kappa shape index (κ3) is 4.95. The molecule has 0 atom stereocenters. The molecule has 0 heterocycles. The van der Waals surface area contributed by atoms with Crippen molar-refractivity contribution >= 4 is 11.8 Å². The molecule has 102 valence electrons. The van der Waals surface area contributed by atoms with Gasteiger partial charge in [0.1, 0.15) is 6.42 Å². The van der Waals surface area contributed by atoms with E-state index in [2.05, 4.69) is 6.58 Å². The lowest BCUT2D eigenvalue weighted by Gasteiger charge is -2.22. The van der Waals surface area contributed by atoms with Crippen LogP contribution in [0.2, 0.25) is 0 Å². The summed E-state index contributed by atoms with van der Waals surface area (Å²) >= 11 is 0. The first-order valence-electron chi connectivity index (χ1n) is 6.17. The molecule has 0 fully saturated rings. The molecule has 0 aliphatic rings. The first kappa shape index (κ1) is 15.0. The van der Waals surface area contributed by atoms with Gasteiger partial charge in [-0.1, -0.05) is 36.4 Å². The van der Waals surface area contributed by atoms with Crippen molar-refractivity contribution in [3.63, 3.8) is 0 Å². The Bertz CT molecular complexity index is 441. The van der Waals surface area contributed by atoms with Crippen LogP contribution in [0.25, 0.3) is 0 Å². The first-order chi connectivity index (χ1) is 9.04. The molecule has 0 saturated carbocycles. The van der Waals surface area contributed by atoms with E-state index < -0.39 is 0 Å². The Balaban J connectivity index is 2.69. The number of hydrogen-bond donors (Lipinski definition) is 0. The highest BCUT2D eigenvalue weighted by Crippen LogP contribution is 2.06. The van der Waals surface area contributed by atoms with Crippen LogP contribution in [-0.4, -0.2) is 42.3 Å². The molecule has 1 rings (SSSR count). The molecule has 4 heteroatoms. The van der Waals surface area contributed by atoms with Gasteiger partial charge in [-0.25, -0.2) is 0 Å². The highest BCUT2D eigenvalue weighted by Gasteiger charge is 2.17. The van der Waals surface area contributed by atoms with Gasteiger partial charge in [-0.2, -0.15) is 0 Å². The number of benzene rings is 1. The lowest BCUT2D eigenvalue weighted by molar-refractivity contribution is -0.139. The average Bonchev–Trinajstić information content (AvgIpc) is 2.39. The molecule has 0 unspecified atom stereocenters. The molecule has 0 radical (unpaired) electrons. The Morgan fingerprint density at radius 2 is 1.79 bits per heavy atom. The molecular weight excluding hydrogens is 240 g/mol. The van der Waals surface area contributed by atoms with Crippen LogP contribution >= 0.6 is 0 Å². The van der Waals surface area contributed by atoms with Crippen LogP contribution < -0.4 is 0 Å². The van der Waals surface area contributed by atoms with E-state index in [4.69, 9.17) is 0 Å². The number of nitrogens with zero attached hydrogens (tertiary/aromatic N) is 2. The minimum absolute atomic E-state index is 0.103. The van der Waals surface area contributed by atoms with E-state index in [9.17, 15) is 9.59 Å². The Hall–Kier alpha value is -2.10. The van der Waals surface area contributed by atoms with Crippen LogP contribution in [0, 0.1) is 0 Å². The van der Waals surface area contributed by atoms with Gasteiger partial charge in [0.15, 0.2) is 0 Å².